The molecule has 0 radical (unpaired) electrons. The monoisotopic (exact) mass is 247 g/mol. The Balaban J connectivity index is 2.24. The van der Waals surface area contributed by atoms with E-state index in [9.17, 15) is 4.79 Å². The zero-order valence-electron chi connectivity index (χ0n) is 10.7. The minimum absolute atomic E-state index is 0.116. The summed E-state index contributed by atoms with van der Waals surface area (Å²) in [5.41, 5.74) is 0.643. The topological polar surface area (TPSA) is 63.4 Å². The van der Waals surface area contributed by atoms with Crippen molar-refractivity contribution in [3.63, 3.8) is 0 Å². The average molecular weight is 247 g/mol. The van der Waals surface area contributed by atoms with Gasteiger partial charge in [-0.25, -0.2) is 14.5 Å². The average Bonchev–Trinajstić information content (AvgIpc) is 2.84. The van der Waals surface area contributed by atoms with Crippen LogP contribution in [0, 0.1) is 0 Å². The second kappa shape index (κ2) is 5.57. The molecule has 0 spiro atoms. The molecule has 2 aromatic rings. The van der Waals surface area contributed by atoms with E-state index in [2.05, 4.69) is 28.9 Å². The summed E-state index contributed by atoms with van der Waals surface area (Å²) in [7, 11) is 0. The molecule has 0 atom stereocenters. The van der Waals surface area contributed by atoms with Gasteiger partial charge in [-0.1, -0.05) is 13.8 Å². The number of nitrogens with zero attached hydrogens (tertiary/aromatic N) is 5. The first kappa shape index (κ1) is 12.5. The van der Waals surface area contributed by atoms with E-state index >= 15 is 0 Å². The molecule has 0 aliphatic rings. The van der Waals surface area contributed by atoms with Crippen LogP contribution in [0.25, 0.3) is 5.65 Å². The lowest BCUT2D eigenvalue weighted by Crippen LogP contribution is -2.34. The van der Waals surface area contributed by atoms with Crippen LogP contribution >= 0.6 is 0 Å². The van der Waals surface area contributed by atoms with E-state index in [1.807, 2.05) is 0 Å². The highest BCUT2D eigenvalue weighted by Crippen LogP contribution is 2.03. The fourth-order valence-electron chi connectivity index (χ4n) is 1.83. The second-order valence-corrected chi connectivity index (χ2v) is 4.10. The lowest BCUT2D eigenvalue weighted by atomic mass is 10.3. The van der Waals surface area contributed by atoms with Gasteiger partial charge in [0.05, 0.1) is 6.20 Å². The number of hydrogen-bond donors (Lipinski definition) is 0. The Hall–Kier alpha value is -1.98. The third kappa shape index (κ3) is 2.47. The van der Waals surface area contributed by atoms with E-state index < -0.39 is 0 Å². The van der Waals surface area contributed by atoms with E-state index in [0.717, 1.165) is 25.9 Å². The van der Waals surface area contributed by atoms with Gasteiger partial charge < -0.3 is 4.90 Å². The minimum atomic E-state index is -0.116. The third-order valence-corrected chi connectivity index (χ3v) is 2.62. The second-order valence-electron chi connectivity index (χ2n) is 4.10. The molecular formula is C12H17N5O. The smallest absolute Gasteiger partial charge is 0.293 e. The first-order chi connectivity index (χ1) is 8.76. The van der Waals surface area contributed by atoms with E-state index in [1.54, 1.807) is 28.0 Å². The van der Waals surface area contributed by atoms with Crippen molar-refractivity contribution in [2.45, 2.75) is 26.7 Å². The Labute approximate surface area is 106 Å². The van der Waals surface area contributed by atoms with Crippen LogP contribution in [0.2, 0.25) is 0 Å². The molecule has 0 N–H and O–H groups in total. The number of carbonyl (C=O) groups excluding carboxylic acids is 1. The molecule has 2 heterocycles. The van der Waals surface area contributed by atoms with Gasteiger partial charge in [-0.2, -0.15) is 0 Å². The molecule has 2 aromatic heterocycles. The molecule has 0 saturated carbocycles. The van der Waals surface area contributed by atoms with Crippen LogP contribution in [-0.2, 0) is 0 Å². The Morgan fingerprint density at radius 1 is 1.28 bits per heavy atom. The van der Waals surface area contributed by atoms with Crippen LogP contribution in [0.1, 0.15) is 37.3 Å². The molecule has 0 bridgehead atoms. The van der Waals surface area contributed by atoms with Crippen molar-refractivity contribution >= 4 is 11.6 Å². The minimum Gasteiger partial charge on any atom is -0.336 e. The molecule has 0 saturated heterocycles. The zero-order chi connectivity index (χ0) is 13.0. The van der Waals surface area contributed by atoms with E-state index in [0.29, 0.717) is 5.65 Å². The molecule has 0 unspecified atom stereocenters. The summed E-state index contributed by atoms with van der Waals surface area (Å²) >= 11 is 0. The summed E-state index contributed by atoms with van der Waals surface area (Å²) in [6, 6.07) is 0. The van der Waals surface area contributed by atoms with Gasteiger partial charge in [-0.15, -0.1) is 5.10 Å². The van der Waals surface area contributed by atoms with Gasteiger partial charge in [-0.05, 0) is 12.8 Å². The highest BCUT2D eigenvalue weighted by molar-refractivity contribution is 5.90. The van der Waals surface area contributed by atoms with Gasteiger partial charge in [0, 0.05) is 25.5 Å². The molecule has 2 rings (SSSR count). The SMILES string of the molecule is CCCN(CCC)C(=O)c1ncc2nccn2n1. The van der Waals surface area contributed by atoms with E-state index in [4.69, 9.17) is 0 Å². The van der Waals surface area contributed by atoms with Crippen LogP contribution in [0.5, 0.6) is 0 Å². The number of carbonyl (C=O) groups is 1. The summed E-state index contributed by atoms with van der Waals surface area (Å²) in [4.78, 5) is 22.2. The molecule has 0 fully saturated rings. The van der Waals surface area contributed by atoms with Crippen molar-refractivity contribution in [2.75, 3.05) is 13.1 Å². The van der Waals surface area contributed by atoms with Gasteiger partial charge in [-0.3, -0.25) is 4.79 Å². The molecule has 6 heteroatoms. The Bertz CT molecular complexity index is 530. The standard InChI is InChI=1S/C12H17N5O/c1-3-6-16(7-4-2)12(18)11-14-9-10-13-5-8-17(10)15-11/h5,8-9H,3-4,6-7H2,1-2H3. The van der Waals surface area contributed by atoms with Gasteiger partial charge in [0.1, 0.15) is 0 Å². The van der Waals surface area contributed by atoms with Gasteiger partial charge in [0.15, 0.2) is 5.65 Å². The van der Waals surface area contributed by atoms with E-state index in [-0.39, 0.29) is 11.7 Å². The Morgan fingerprint density at radius 2 is 2.00 bits per heavy atom. The predicted molar refractivity (Wildman–Crippen MR) is 67.3 cm³/mol. The van der Waals surface area contributed by atoms with Crippen LogP contribution < -0.4 is 0 Å². The number of amides is 1. The highest BCUT2D eigenvalue weighted by Gasteiger charge is 2.17. The maximum atomic E-state index is 12.3. The highest BCUT2D eigenvalue weighted by atomic mass is 16.2. The van der Waals surface area contributed by atoms with Crippen molar-refractivity contribution in [3.05, 3.63) is 24.4 Å². The molecule has 6 nitrogen and oxygen atoms in total. The van der Waals surface area contributed by atoms with Crippen molar-refractivity contribution in [2.24, 2.45) is 0 Å². The van der Waals surface area contributed by atoms with Gasteiger partial charge >= 0.3 is 0 Å². The largest absolute Gasteiger partial charge is 0.336 e. The van der Waals surface area contributed by atoms with E-state index in [1.165, 1.54) is 0 Å². The first-order valence-corrected chi connectivity index (χ1v) is 6.22. The van der Waals surface area contributed by atoms with Gasteiger partial charge in [0.2, 0.25) is 5.82 Å². The van der Waals surface area contributed by atoms with Gasteiger partial charge in [0.25, 0.3) is 5.91 Å². The maximum absolute atomic E-state index is 12.3. The molecule has 0 aliphatic heterocycles. The van der Waals surface area contributed by atoms with Crippen LogP contribution in [-0.4, -0.2) is 43.5 Å². The van der Waals surface area contributed by atoms with Crippen molar-refractivity contribution in [1.82, 2.24) is 24.5 Å². The van der Waals surface area contributed by atoms with Crippen molar-refractivity contribution < 1.29 is 4.79 Å². The molecule has 1 amide bonds. The summed E-state index contributed by atoms with van der Waals surface area (Å²) in [5, 5.41) is 4.17. The van der Waals surface area contributed by atoms with Crippen LogP contribution in [0.4, 0.5) is 0 Å². The van der Waals surface area contributed by atoms with Crippen LogP contribution in [0.3, 0.4) is 0 Å². The predicted octanol–water partition coefficient (Wildman–Crippen LogP) is 1.39. The number of rotatable bonds is 5. The Kier molecular flexibility index (Phi) is 3.86. The normalized spacial score (nSPS) is 10.8. The van der Waals surface area contributed by atoms with Crippen molar-refractivity contribution in [3.8, 4) is 0 Å². The summed E-state index contributed by atoms with van der Waals surface area (Å²) in [6.07, 6.45) is 6.76. The molecule has 18 heavy (non-hydrogen) atoms. The number of fused-ring (bicyclic) bond motifs is 1. The third-order valence-electron chi connectivity index (χ3n) is 2.62. The molecule has 0 aliphatic carbocycles. The van der Waals surface area contributed by atoms with Crippen molar-refractivity contribution in [1.29, 1.82) is 0 Å². The Morgan fingerprint density at radius 3 is 2.67 bits per heavy atom. The quantitative estimate of drug-likeness (QED) is 0.801. The first-order valence-electron chi connectivity index (χ1n) is 6.22. The lowest BCUT2D eigenvalue weighted by Gasteiger charge is -2.20. The number of aromatic nitrogens is 4. The fraction of sp³-hybridized carbons (Fsp3) is 0.500. The summed E-state index contributed by atoms with van der Waals surface area (Å²) in [5.74, 6) is 0.108. The summed E-state index contributed by atoms with van der Waals surface area (Å²) < 4.78 is 1.57. The summed E-state index contributed by atoms with van der Waals surface area (Å²) in [6.45, 7) is 5.57. The zero-order valence-corrected chi connectivity index (χ0v) is 10.7. The number of hydrogen-bond acceptors (Lipinski definition) is 4. The lowest BCUT2D eigenvalue weighted by molar-refractivity contribution is 0.0741. The molecular weight excluding hydrogens is 230 g/mol. The fourth-order valence-corrected chi connectivity index (χ4v) is 1.83. The maximum Gasteiger partial charge on any atom is 0.293 e. The van der Waals surface area contributed by atoms with Crippen LogP contribution in [0.15, 0.2) is 18.6 Å². The molecule has 96 valence electrons. The number of imidazole rings is 1. The molecule has 0 aromatic carbocycles.